The number of nitrogens with one attached hydrogen (secondary N) is 1. The van der Waals surface area contributed by atoms with Crippen LogP contribution < -0.4 is 14.8 Å². The van der Waals surface area contributed by atoms with E-state index in [0.29, 0.717) is 24.0 Å². The molecular formula is C24H32N2O3. The van der Waals surface area contributed by atoms with Crippen LogP contribution in [-0.4, -0.2) is 37.6 Å². The zero-order valence-electron chi connectivity index (χ0n) is 17.7. The average molecular weight is 397 g/mol. The fourth-order valence-corrected chi connectivity index (χ4v) is 3.62. The molecule has 5 nitrogen and oxygen atoms in total. The van der Waals surface area contributed by atoms with Crippen LogP contribution in [0.4, 0.5) is 5.69 Å². The van der Waals surface area contributed by atoms with E-state index in [-0.39, 0.29) is 11.8 Å². The summed E-state index contributed by atoms with van der Waals surface area (Å²) in [7, 11) is 1.62. The third-order valence-electron chi connectivity index (χ3n) is 5.13. The van der Waals surface area contributed by atoms with Crippen molar-refractivity contribution in [3.8, 4) is 11.5 Å². The second kappa shape index (κ2) is 10.3. The Morgan fingerprint density at radius 2 is 1.97 bits per heavy atom. The molecule has 1 saturated heterocycles. The first-order chi connectivity index (χ1) is 14.0. The number of carbonyl (C=O) groups excluding carboxylic acids is 1. The molecule has 0 bridgehead atoms. The summed E-state index contributed by atoms with van der Waals surface area (Å²) in [5.74, 6) is 1.82. The van der Waals surface area contributed by atoms with E-state index in [1.807, 2.05) is 24.3 Å². The van der Waals surface area contributed by atoms with Crippen LogP contribution in [0.2, 0.25) is 0 Å². The number of carbonyl (C=O) groups is 1. The maximum absolute atomic E-state index is 12.9. The van der Waals surface area contributed by atoms with Crippen molar-refractivity contribution >= 4 is 11.6 Å². The van der Waals surface area contributed by atoms with Crippen LogP contribution in [0, 0.1) is 11.8 Å². The second-order valence-electron chi connectivity index (χ2n) is 8.12. The first-order valence-electron chi connectivity index (χ1n) is 10.4. The minimum absolute atomic E-state index is 0.00500. The Hall–Kier alpha value is -2.53. The quantitative estimate of drug-likeness (QED) is 0.710. The SMILES string of the molecule is COc1ccc(NC(=O)[C@H]2CCCN(Cc3ccccc3)C2)cc1OCC(C)C. The first kappa shape index (κ1) is 21.2. The van der Waals surface area contributed by atoms with Crippen molar-refractivity contribution in [1.82, 2.24) is 4.90 Å². The third-order valence-corrected chi connectivity index (χ3v) is 5.13. The van der Waals surface area contributed by atoms with E-state index in [9.17, 15) is 4.79 Å². The number of piperidine rings is 1. The number of nitrogens with zero attached hydrogens (tertiary/aromatic N) is 1. The van der Waals surface area contributed by atoms with Crippen molar-refractivity contribution < 1.29 is 14.3 Å². The Morgan fingerprint density at radius 3 is 2.69 bits per heavy atom. The Balaban J connectivity index is 1.61. The van der Waals surface area contributed by atoms with Gasteiger partial charge in [0, 0.05) is 24.8 Å². The molecule has 1 atom stereocenters. The molecule has 29 heavy (non-hydrogen) atoms. The number of ether oxygens (including phenoxy) is 2. The normalized spacial score (nSPS) is 17.2. The maximum atomic E-state index is 12.9. The highest BCUT2D eigenvalue weighted by Crippen LogP contribution is 2.31. The van der Waals surface area contributed by atoms with Gasteiger partial charge in [-0.05, 0) is 43.0 Å². The summed E-state index contributed by atoms with van der Waals surface area (Å²) in [6, 6.07) is 16.0. The molecule has 156 valence electrons. The molecule has 0 saturated carbocycles. The summed E-state index contributed by atoms with van der Waals surface area (Å²) >= 11 is 0. The number of anilines is 1. The van der Waals surface area contributed by atoms with Crippen LogP contribution in [0.1, 0.15) is 32.3 Å². The molecule has 2 aromatic rings. The molecule has 1 amide bonds. The van der Waals surface area contributed by atoms with Crippen LogP contribution in [0.5, 0.6) is 11.5 Å². The number of methoxy groups -OCH3 is 1. The van der Waals surface area contributed by atoms with Gasteiger partial charge in [-0.1, -0.05) is 44.2 Å². The van der Waals surface area contributed by atoms with Gasteiger partial charge in [-0.15, -0.1) is 0 Å². The van der Waals surface area contributed by atoms with Crippen molar-refractivity contribution in [2.45, 2.75) is 33.2 Å². The van der Waals surface area contributed by atoms with Crippen LogP contribution in [-0.2, 0) is 11.3 Å². The van der Waals surface area contributed by atoms with Crippen LogP contribution >= 0.6 is 0 Å². The van der Waals surface area contributed by atoms with Gasteiger partial charge in [0.05, 0.1) is 19.6 Å². The van der Waals surface area contributed by atoms with Gasteiger partial charge in [0.2, 0.25) is 5.91 Å². The van der Waals surface area contributed by atoms with Crippen molar-refractivity contribution in [2.24, 2.45) is 11.8 Å². The lowest BCUT2D eigenvalue weighted by molar-refractivity contribution is -0.121. The number of hydrogen-bond donors (Lipinski definition) is 1. The van der Waals surface area contributed by atoms with E-state index in [2.05, 4.69) is 48.3 Å². The van der Waals surface area contributed by atoms with E-state index in [1.165, 1.54) is 5.56 Å². The van der Waals surface area contributed by atoms with Gasteiger partial charge in [0.25, 0.3) is 0 Å². The van der Waals surface area contributed by atoms with E-state index in [0.717, 1.165) is 38.2 Å². The lowest BCUT2D eigenvalue weighted by Crippen LogP contribution is -2.40. The second-order valence-corrected chi connectivity index (χ2v) is 8.12. The number of rotatable bonds is 8. The largest absolute Gasteiger partial charge is 0.493 e. The molecule has 1 aliphatic rings. The van der Waals surface area contributed by atoms with Crippen LogP contribution in [0.3, 0.4) is 0 Å². The van der Waals surface area contributed by atoms with E-state index < -0.39 is 0 Å². The van der Waals surface area contributed by atoms with Crippen LogP contribution in [0.25, 0.3) is 0 Å². The zero-order chi connectivity index (χ0) is 20.6. The van der Waals surface area contributed by atoms with Gasteiger partial charge in [-0.25, -0.2) is 0 Å². The van der Waals surface area contributed by atoms with Crippen molar-refractivity contribution in [2.75, 3.05) is 32.1 Å². The van der Waals surface area contributed by atoms with Gasteiger partial charge in [-0.2, -0.15) is 0 Å². The maximum Gasteiger partial charge on any atom is 0.228 e. The van der Waals surface area contributed by atoms with Gasteiger partial charge in [0.1, 0.15) is 0 Å². The predicted octanol–water partition coefficient (Wildman–Crippen LogP) is 4.58. The Kier molecular flexibility index (Phi) is 7.53. The van der Waals surface area contributed by atoms with Gasteiger partial charge in [-0.3, -0.25) is 9.69 Å². The van der Waals surface area contributed by atoms with Gasteiger partial charge >= 0.3 is 0 Å². The molecule has 0 aromatic heterocycles. The molecule has 1 aliphatic heterocycles. The third kappa shape index (κ3) is 6.23. The smallest absolute Gasteiger partial charge is 0.228 e. The summed E-state index contributed by atoms with van der Waals surface area (Å²) in [4.78, 5) is 15.3. The minimum atomic E-state index is -0.00500. The van der Waals surface area contributed by atoms with Crippen molar-refractivity contribution in [3.05, 3.63) is 54.1 Å². The van der Waals surface area contributed by atoms with Crippen molar-refractivity contribution in [3.63, 3.8) is 0 Å². The molecule has 1 N–H and O–H groups in total. The van der Waals surface area contributed by atoms with Crippen LogP contribution in [0.15, 0.2) is 48.5 Å². The topological polar surface area (TPSA) is 50.8 Å². The molecule has 3 rings (SSSR count). The average Bonchev–Trinajstić information content (AvgIpc) is 2.73. The summed E-state index contributed by atoms with van der Waals surface area (Å²) in [5, 5.41) is 3.07. The van der Waals surface area contributed by atoms with E-state index in [4.69, 9.17) is 9.47 Å². The highest BCUT2D eigenvalue weighted by molar-refractivity contribution is 5.93. The summed E-state index contributed by atoms with van der Waals surface area (Å²) in [6.45, 7) is 7.51. The molecule has 0 aliphatic carbocycles. The summed E-state index contributed by atoms with van der Waals surface area (Å²) in [5.41, 5.74) is 2.03. The monoisotopic (exact) mass is 396 g/mol. The highest BCUT2D eigenvalue weighted by atomic mass is 16.5. The Bertz CT molecular complexity index is 792. The minimum Gasteiger partial charge on any atom is -0.493 e. The molecule has 1 fully saturated rings. The fraction of sp³-hybridized carbons (Fsp3) is 0.458. The standard InChI is InChI=1S/C24H32N2O3/c1-18(2)17-29-23-14-21(11-12-22(23)28-3)25-24(27)20-10-7-13-26(16-20)15-19-8-5-4-6-9-19/h4-6,8-9,11-12,14,18,20H,7,10,13,15-17H2,1-3H3,(H,25,27)/t20-/m0/s1. The Labute approximate surface area is 174 Å². The number of amides is 1. The first-order valence-corrected chi connectivity index (χ1v) is 10.4. The predicted molar refractivity (Wildman–Crippen MR) is 116 cm³/mol. The van der Waals surface area contributed by atoms with E-state index >= 15 is 0 Å². The Morgan fingerprint density at radius 1 is 1.17 bits per heavy atom. The van der Waals surface area contributed by atoms with Gasteiger partial charge in [0.15, 0.2) is 11.5 Å². The summed E-state index contributed by atoms with van der Waals surface area (Å²) < 4.78 is 11.2. The molecule has 0 unspecified atom stereocenters. The molecule has 1 heterocycles. The lowest BCUT2D eigenvalue weighted by atomic mass is 9.96. The van der Waals surface area contributed by atoms with Gasteiger partial charge < -0.3 is 14.8 Å². The number of hydrogen-bond acceptors (Lipinski definition) is 4. The number of likely N-dealkylation sites (tertiary alicyclic amines) is 1. The van der Waals surface area contributed by atoms with Crippen molar-refractivity contribution in [1.29, 1.82) is 0 Å². The lowest BCUT2D eigenvalue weighted by Gasteiger charge is -2.32. The number of benzene rings is 2. The fourth-order valence-electron chi connectivity index (χ4n) is 3.62. The highest BCUT2D eigenvalue weighted by Gasteiger charge is 2.26. The molecule has 5 heteroatoms. The molecule has 0 spiro atoms. The summed E-state index contributed by atoms with van der Waals surface area (Å²) in [6.07, 6.45) is 1.96. The molecule has 2 aromatic carbocycles. The zero-order valence-corrected chi connectivity index (χ0v) is 17.7. The van der Waals surface area contributed by atoms with E-state index in [1.54, 1.807) is 7.11 Å². The molecule has 0 radical (unpaired) electrons. The molecular weight excluding hydrogens is 364 g/mol.